The number of hydrogen-bond donors (Lipinski definition) is 1. The van der Waals surface area contributed by atoms with Gasteiger partial charge in [-0.1, -0.05) is 69.4 Å². The van der Waals surface area contributed by atoms with Crippen molar-refractivity contribution in [3.63, 3.8) is 0 Å². The number of halogens is 1. The molecular weight excluding hydrogens is 358 g/mol. The molecule has 0 aliphatic rings. The average molecular weight is 392 g/mol. The zero-order valence-electron chi connectivity index (χ0n) is 16.7. The van der Waals surface area contributed by atoms with Crippen LogP contribution in [-0.2, 0) is 6.42 Å². The predicted octanol–water partition coefficient (Wildman–Crippen LogP) is 6.72. The van der Waals surface area contributed by atoms with Crippen LogP contribution in [0.15, 0.2) is 24.3 Å². The van der Waals surface area contributed by atoms with E-state index in [9.17, 15) is 0 Å². The molecule has 0 aliphatic heterocycles. The Bertz CT molecular complexity index is 675. The Balaban J connectivity index is 1.61. The molecule has 2 aromatic rings. The first kappa shape index (κ1) is 22.0. The average Bonchev–Trinajstić information content (AvgIpc) is 2.69. The minimum absolute atomic E-state index is 0.343. The van der Waals surface area contributed by atoms with Gasteiger partial charge in [0.25, 0.3) is 0 Å². The molecule has 0 atom stereocenters. The molecule has 0 radical (unpaired) electrons. The van der Waals surface area contributed by atoms with Crippen LogP contribution in [0.4, 0.5) is 0 Å². The van der Waals surface area contributed by atoms with Crippen molar-refractivity contribution in [1.29, 1.82) is 0 Å². The topological polar surface area (TPSA) is 42.4 Å². The van der Waals surface area contributed by atoms with Gasteiger partial charge in [-0.2, -0.15) is 0 Å². The van der Waals surface area contributed by atoms with Crippen LogP contribution < -0.4 is 4.74 Å². The lowest BCUT2D eigenvalue weighted by atomic mass is 10.0. The van der Waals surface area contributed by atoms with Gasteiger partial charge >= 0.3 is 0 Å². The zero-order chi connectivity index (χ0) is 19.3. The van der Waals surface area contributed by atoms with E-state index in [0.29, 0.717) is 6.61 Å². The molecule has 0 amide bonds. The number of unbranched alkanes of at least 4 members (excludes halogenated alkanes) is 10. The van der Waals surface area contributed by atoms with Crippen LogP contribution in [0.2, 0.25) is 5.02 Å². The van der Waals surface area contributed by atoms with Crippen molar-refractivity contribution < 1.29 is 9.84 Å². The Morgan fingerprint density at radius 3 is 2.00 bits per heavy atom. The number of ether oxygens (including phenoxy) is 1. The van der Waals surface area contributed by atoms with Crippen LogP contribution in [0.1, 0.15) is 76.3 Å². The first-order chi connectivity index (χ1) is 13.3. The fourth-order valence-electron chi connectivity index (χ4n) is 3.51. The fourth-order valence-corrected chi connectivity index (χ4v) is 3.73. The maximum absolute atomic E-state index is 8.75. The lowest BCUT2D eigenvalue weighted by Crippen LogP contribution is -1.94. The van der Waals surface area contributed by atoms with Gasteiger partial charge in [0.2, 0.25) is 0 Å². The molecule has 0 fully saturated rings. The second-order valence-electron chi connectivity index (χ2n) is 7.31. The van der Waals surface area contributed by atoms with Crippen molar-refractivity contribution in [3.8, 4) is 5.75 Å². The second kappa shape index (κ2) is 13.0. The molecule has 150 valence electrons. The van der Waals surface area contributed by atoms with Crippen LogP contribution in [0.5, 0.6) is 5.75 Å². The molecule has 1 aromatic heterocycles. The normalized spacial score (nSPS) is 11.2. The van der Waals surface area contributed by atoms with Gasteiger partial charge in [-0.3, -0.25) is 0 Å². The maximum atomic E-state index is 8.75. The maximum Gasteiger partial charge on any atom is 0.145 e. The van der Waals surface area contributed by atoms with Gasteiger partial charge in [-0.25, -0.2) is 4.98 Å². The summed E-state index contributed by atoms with van der Waals surface area (Å²) in [5.41, 5.74) is 1.98. The van der Waals surface area contributed by atoms with Gasteiger partial charge in [-0.15, -0.1) is 0 Å². The van der Waals surface area contributed by atoms with Gasteiger partial charge in [-0.05, 0) is 43.5 Å². The summed E-state index contributed by atoms with van der Waals surface area (Å²) < 4.78 is 5.42. The van der Waals surface area contributed by atoms with E-state index in [1.807, 2.05) is 12.1 Å². The number of aromatic nitrogens is 1. The van der Waals surface area contributed by atoms with E-state index in [1.54, 1.807) is 7.11 Å². The molecule has 2 rings (SSSR count). The Morgan fingerprint density at radius 1 is 0.815 bits per heavy atom. The zero-order valence-corrected chi connectivity index (χ0v) is 17.4. The SMILES string of the molecule is COc1ccc(Cl)c2ccc(CCCCCCCCCCCCCO)nc12. The van der Waals surface area contributed by atoms with Crippen LogP contribution >= 0.6 is 11.6 Å². The summed E-state index contributed by atoms with van der Waals surface area (Å²) >= 11 is 6.26. The van der Waals surface area contributed by atoms with Gasteiger partial charge in [0, 0.05) is 17.7 Å². The van der Waals surface area contributed by atoms with Crippen molar-refractivity contribution in [3.05, 3.63) is 35.0 Å². The van der Waals surface area contributed by atoms with Crippen molar-refractivity contribution >= 4 is 22.5 Å². The monoisotopic (exact) mass is 391 g/mol. The van der Waals surface area contributed by atoms with Crippen molar-refractivity contribution in [2.75, 3.05) is 13.7 Å². The standard InChI is InChI=1S/C23H34ClNO2/c1-27-22-17-16-21(24)20-15-14-19(25-23(20)22)13-11-9-7-5-3-2-4-6-8-10-12-18-26/h14-17,26H,2-13,18H2,1H3. The number of aliphatic hydroxyl groups excluding tert-OH is 1. The lowest BCUT2D eigenvalue weighted by Gasteiger charge is -2.08. The first-order valence-corrected chi connectivity index (χ1v) is 10.9. The predicted molar refractivity (Wildman–Crippen MR) is 115 cm³/mol. The molecule has 0 aliphatic carbocycles. The first-order valence-electron chi connectivity index (χ1n) is 10.5. The highest BCUT2D eigenvalue weighted by Crippen LogP contribution is 2.30. The van der Waals surface area contributed by atoms with Gasteiger partial charge in [0.05, 0.1) is 12.1 Å². The summed E-state index contributed by atoms with van der Waals surface area (Å²) in [6.07, 6.45) is 14.9. The third-order valence-corrected chi connectivity index (χ3v) is 5.47. The number of methoxy groups -OCH3 is 1. The molecule has 4 heteroatoms. The smallest absolute Gasteiger partial charge is 0.145 e. The Kier molecular flexibility index (Phi) is 10.5. The summed E-state index contributed by atoms with van der Waals surface area (Å²) in [7, 11) is 1.67. The summed E-state index contributed by atoms with van der Waals surface area (Å²) in [6, 6.07) is 7.89. The third kappa shape index (κ3) is 7.67. The summed E-state index contributed by atoms with van der Waals surface area (Å²) in [4.78, 5) is 4.77. The second-order valence-corrected chi connectivity index (χ2v) is 7.72. The number of fused-ring (bicyclic) bond motifs is 1. The van der Waals surface area contributed by atoms with Crippen molar-refractivity contribution in [2.45, 2.75) is 77.0 Å². The van der Waals surface area contributed by atoms with Gasteiger partial charge in [0.1, 0.15) is 11.3 Å². The molecule has 27 heavy (non-hydrogen) atoms. The van der Waals surface area contributed by atoms with E-state index in [0.717, 1.165) is 40.2 Å². The van der Waals surface area contributed by atoms with Crippen molar-refractivity contribution in [2.24, 2.45) is 0 Å². The van der Waals surface area contributed by atoms with Crippen LogP contribution in [0, 0.1) is 0 Å². The van der Waals surface area contributed by atoms with E-state index in [-0.39, 0.29) is 0 Å². The molecule has 1 aromatic carbocycles. The van der Waals surface area contributed by atoms with E-state index >= 15 is 0 Å². The van der Waals surface area contributed by atoms with Gasteiger partial charge in [0.15, 0.2) is 0 Å². The minimum Gasteiger partial charge on any atom is -0.494 e. The van der Waals surface area contributed by atoms with Gasteiger partial charge < -0.3 is 9.84 Å². The molecule has 0 spiro atoms. The van der Waals surface area contributed by atoms with E-state index < -0.39 is 0 Å². The highest BCUT2D eigenvalue weighted by atomic mass is 35.5. The molecule has 3 nitrogen and oxygen atoms in total. The molecular formula is C23H34ClNO2. The fraction of sp³-hybridized carbons (Fsp3) is 0.609. The molecule has 0 unspecified atom stereocenters. The lowest BCUT2D eigenvalue weighted by molar-refractivity contribution is 0.282. The molecule has 1 N–H and O–H groups in total. The number of pyridine rings is 1. The largest absolute Gasteiger partial charge is 0.494 e. The Labute approximate surface area is 169 Å². The van der Waals surface area contributed by atoms with Crippen molar-refractivity contribution in [1.82, 2.24) is 4.98 Å². The molecule has 0 bridgehead atoms. The summed E-state index contributed by atoms with van der Waals surface area (Å²) in [6.45, 7) is 0.343. The molecule has 0 saturated carbocycles. The molecule has 0 saturated heterocycles. The van der Waals surface area contributed by atoms with E-state index in [1.165, 1.54) is 64.2 Å². The minimum atomic E-state index is 0.343. The number of aryl methyl sites for hydroxylation is 1. The summed E-state index contributed by atoms with van der Waals surface area (Å²) in [5.74, 6) is 0.785. The van der Waals surface area contributed by atoms with Crippen LogP contribution in [0.25, 0.3) is 10.9 Å². The number of benzene rings is 1. The van der Waals surface area contributed by atoms with Crippen LogP contribution in [0.3, 0.4) is 0 Å². The Morgan fingerprint density at radius 2 is 1.41 bits per heavy atom. The molecule has 1 heterocycles. The van der Waals surface area contributed by atoms with E-state index in [2.05, 4.69) is 12.1 Å². The number of aliphatic hydroxyl groups is 1. The Hall–Kier alpha value is -1.32. The highest BCUT2D eigenvalue weighted by Gasteiger charge is 2.08. The van der Waals surface area contributed by atoms with Crippen LogP contribution in [-0.4, -0.2) is 23.8 Å². The van der Waals surface area contributed by atoms with E-state index in [4.69, 9.17) is 26.4 Å². The highest BCUT2D eigenvalue weighted by molar-refractivity contribution is 6.35. The third-order valence-electron chi connectivity index (χ3n) is 5.14. The number of hydrogen-bond acceptors (Lipinski definition) is 3. The number of rotatable bonds is 14. The summed E-state index contributed by atoms with van der Waals surface area (Å²) in [5, 5.41) is 10.4. The number of nitrogens with zero attached hydrogens (tertiary/aromatic N) is 1. The quantitative estimate of drug-likeness (QED) is 0.363.